The van der Waals surface area contributed by atoms with E-state index < -0.39 is 11.7 Å². The van der Waals surface area contributed by atoms with Crippen LogP contribution in [0.15, 0.2) is 18.2 Å². The average molecular weight is 296 g/mol. The molecule has 1 aromatic carbocycles. The van der Waals surface area contributed by atoms with Crippen LogP contribution in [-0.2, 0) is 0 Å². The van der Waals surface area contributed by atoms with E-state index in [1.165, 1.54) is 19.2 Å². The lowest BCUT2D eigenvalue weighted by atomic mass is 10.0. The summed E-state index contributed by atoms with van der Waals surface area (Å²) in [7, 11) is 1.44. The van der Waals surface area contributed by atoms with Crippen LogP contribution in [0.2, 0.25) is 0 Å². The molecule has 0 spiro atoms. The summed E-state index contributed by atoms with van der Waals surface area (Å²) < 4.78 is 18.7. The molecular weight excluding hydrogens is 279 g/mol. The zero-order valence-corrected chi connectivity index (χ0v) is 12.0. The highest BCUT2D eigenvalue weighted by atomic mass is 32.1. The number of benzene rings is 1. The predicted octanol–water partition coefficient (Wildman–Crippen LogP) is 2.02. The molecule has 3 N–H and O–H groups in total. The lowest BCUT2D eigenvalue weighted by Crippen LogP contribution is -2.41. The Labute approximate surface area is 122 Å². The van der Waals surface area contributed by atoms with Gasteiger partial charge < -0.3 is 15.8 Å². The van der Waals surface area contributed by atoms with E-state index in [1.54, 1.807) is 6.07 Å². The molecule has 0 bridgehead atoms. The number of hydrogen-bond acceptors (Lipinski definition) is 3. The number of thiocarbonyl (C=S) groups is 1. The van der Waals surface area contributed by atoms with Gasteiger partial charge in [-0.2, -0.15) is 0 Å². The Kier molecular flexibility index (Phi) is 4.54. The fourth-order valence-corrected chi connectivity index (χ4v) is 2.81. The maximum absolute atomic E-state index is 13.8. The molecule has 1 saturated carbocycles. The van der Waals surface area contributed by atoms with Crippen LogP contribution in [0.1, 0.15) is 29.6 Å². The van der Waals surface area contributed by atoms with Crippen molar-refractivity contribution in [3.8, 4) is 5.75 Å². The van der Waals surface area contributed by atoms with Crippen LogP contribution >= 0.6 is 12.2 Å². The minimum Gasteiger partial charge on any atom is -0.497 e. The molecule has 2 unspecified atom stereocenters. The lowest BCUT2D eigenvalue weighted by molar-refractivity contribution is 0.0929. The van der Waals surface area contributed by atoms with Crippen molar-refractivity contribution in [1.82, 2.24) is 5.32 Å². The molecule has 0 saturated heterocycles. The highest BCUT2D eigenvalue weighted by Crippen LogP contribution is 2.26. The number of amides is 1. The molecule has 1 aromatic rings. The summed E-state index contributed by atoms with van der Waals surface area (Å²) in [4.78, 5) is 12.5. The van der Waals surface area contributed by atoms with Gasteiger partial charge in [0.05, 0.1) is 17.7 Å². The first-order chi connectivity index (χ1) is 9.52. The van der Waals surface area contributed by atoms with Crippen molar-refractivity contribution < 1.29 is 13.9 Å². The summed E-state index contributed by atoms with van der Waals surface area (Å²) in [6.07, 6.45) is 2.63. The van der Waals surface area contributed by atoms with E-state index in [4.69, 9.17) is 22.7 Å². The SMILES string of the molecule is COc1ccc(C(=O)NC2CCCC2C(N)=S)c(F)c1. The standard InChI is InChI=1S/C14H17FN2O2S/c1-19-8-5-6-9(11(15)7-8)14(18)17-12-4-2-3-10(12)13(16)20/h5-7,10,12H,2-4H2,1H3,(H2,16,20)(H,17,18). The normalized spacial score (nSPS) is 21.5. The van der Waals surface area contributed by atoms with Gasteiger partial charge in [-0.05, 0) is 25.0 Å². The molecule has 1 aliphatic carbocycles. The van der Waals surface area contributed by atoms with Crippen LogP contribution in [0.5, 0.6) is 5.75 Å². The Morgan fingerprint density at radius 3 is 2.85 bits per heavy atom. The first kappa shape index (κ1) is 14.7. The van der Waals surface area contributed by atoms with E-state index in [1.807, 2.05) is 0 Å². The fraction of sp³-hybridized carbons (Fsp3) is 0.429. The molecule has 0 heterocycles. The fourth-order valence-electron chi connectivity index (χ4n) is 2.53. The molecule has 0 aromatic heterocycles. The summed E-state index contributed by atoms with van der Waals surface area (Å²) >= 11 is 5.00. The van der Waals surface area contributed by atoms with Crippen LogP contribution in [0.4, 0.5) is 4.39 Å². The molecule has 4 nitrogen and oxygen atoms in total. The third kappa shape index (κ3) is 3.07. The topological polar surface area (TPSA) is 64.3 Å². The van der Waals surface area contributed by atoms with Gasteiger partial charge in [-0.1, -0.05) is 18.6 Å². The number of rotatable bonds is 4. The number of carbonyl (C=O) groups excluding carboxylic acids is 1. The Morgan fingerprint density at radius 2 is 2.25 bits per heavy atom. The molecular formula is C14H17FN2O2S. The van der Waals surface area contributed by atoms with Crippen LogP contribution < -0.4 is 15.8 Å². The first-order valence-electron chi connectivity index (χ1n) is 6.46. The van der Waals surface area contributed by atoms with Crippen molar-refractivity contribution in [2.75, 3.05) is 7.11 Å². The van der Waals surface area contributed by atoms with Crippen molar-refractivity contribution in [3.05, 3.63) is 29.6 Å². The molecule has 2 rings (SSSR count). The first-order valence-corrected chi connectivity index (χ1v) is 6.87. The molecule has 1 fully saturated rings. The molecule has 2 atom stereocenters. The summed E-state index contributed by atoms with van der Waals surface area (Å²) in [6.45, 7) is 0. The van der Waals surface area contributed by atoms with Crippen molar-refractivity contribution in [2.45, 2.75) is 25.3 Å². The molecule has 108 valence electrons. The monoisotopic (exact) mass is 296 g/mol. The second-order valence-corrected chi connectivity index (χ2v) is 5.34. The lowest BCUT2D eigenvalue weighted by Gasteiger charge is -2.20. The van der Waals surface area contributed by atoms with Crippen LogP contribution in [0.25, 0.3) is 0 Å². The van der Waals surface area contributed by atoms with Gasteiger partial charge in [-0.15, -0.1) is 0 Å². The van der Waals surface area contributed by atoms with E-state index in [0.29, 0.717) is 10.7 Å². The summed E-state index contributed by atoms with van der Waals surface area (Å²) in [5, 5.41) is 2.82. The maximum Gasteiger partial charge on any atom is 0.254 e. The Hall–Kier alpha value is -1.69. The zero-order valence-electron chi connectivity index (χ0n) is 11.2. The Bertz CT molecular complexity index is 536. The second kappa shape index (κ2) is 6.17. The minimum absolute atomic E-state index is 0.000565. The second-order valence-electron chi connectivity index (χ2n) is 4.87. The van der Waals surface area contributed by atoms with E-state index >= 15 is 0 Å². The van der Waals surface area contributed by atoms with Gasteiger partial charge in [0.1, 0.15) is 11.6 Å². The van der Waals surface area contributed by atoms with Crippen molar-refractivity contribution in [2.24, 2.45) is 11.7 Å². The Morgan fingerprint density at radius 1 is 1.50 bits per heavy atom. The van der Waals surface area contributed by atoms with Crippen LogP contribution in [0, 0.1) is 11.7 Å². The zero-order chi connectivity index (χ0) is 14.7. The van der Waals surface area contributed by atoms with Gasteiger partial charge in [0, 0.05) is 18.0 Å². The molecule has 1 aliphatic rings. The number of ether oxygens (including phenoxy) is 1. The predicted molar refractivity (Wildman–Crippen MR) is 78.3 cm³/mol. The van der Waals surface area contributed by atoms with Gasteiger partial charge in [-0.3, -0.25) is 4.79 Å². The van der Waals surface area contributed by atoms with E-state index in [2.05, 4.69) is 5.32 Å². The number of hydrogen-bond donors (Lipinski definition) is 2. The number of methoxy groups -OCH3 is 1. The van der Waals surface area contributed by atoms with Gasteiger partial charge in [0.15, 0.2) is 0 Å². The maximum atomic E-state index is 13.8. The van der Waals surface area contributed by atoms with E-state index in [9.17, 15) is 9.18 Å². The number of nitrogens with one attached hydrogen (secondary N) is 1. The minimum atomic E-state index is -0.605. The van der Waals surface area contributed by atoms with Gasteiger partial charge in [-0.25, -0.2) is 4.39 Å². The third-order valence-electron chi connectivity index (χ3n) is 3.62. The summed E-state index contributed by atoms with van der Waals surface area (Å²) in [6, 6.07) is 4.04. The van der Waals surface area contributed by atoms with Gasteiger partial charge in [0.2, 0.25) is 0 Å². The third-order valence-corrected chi connectivity index (χ3v) is 3.92. The molecule has 6 heteroatoms. The largest absolute Gasteiger partial charge is 0.497 e. The smallest absolute Gasteiger partial charge is 0.254 e. The van der Waals surface area contributed by atoms with Gasteiger partial charge in [0.25, 0.3) is 5.91 Å². The highest BCUT2D eigenvalue weighted by Gasteiger charge is 2.31. The van der Waals surface area contributed by atoms with E-state index in [-0.39, 0.29) is 17.5 Å². The van der Waals surface area contributed by atoms with Gasteiger partial charge >= 0.3 is 0 Å². The quantitative estimate of drug-likeness (QED) is 0.834. The highest BCUT2D eigenvalue weighted by molar-refractivity contribution is 7.80. The molecule has 1 amide bonds. The van der Waals surface area contributed by atoms with E-state index in [0.717, 1.165) is 19.3 Å². The van der Waals surface area contributed by atoms with Crippen LogP contribution in [0.3, 0.4) is 0 Å². The number of halogens is 1. The summed E-state index contributed by atoms with van der Waals surface area (Å²) in [5.74, 6) is -0.679. The van der Waals surface area contributed by atoms with Crippen molar-refractivity contribution >= 4 is 23.1 Å². The molecule has 0 radical (unpaired) electrons. The Balaban J connectivity index is 2.10. The van der Waals surface area contributed by atoms with Crippen molar-refractivity contribution in [1.29, 1.82) is 0 Å². The summed E-state index contributed by atoms with van der Waals surface area (Å²) in [5.41, 5.74) is 5.66. The molecule has 0 aliphatic heterocycles. The number of carbonyl (C=O) groups is 1. The average Bonchev–Trinajstić information content (AvgIpc) is 2.86. The van der Waals surface area contributed by atoms with Crippen LogP contribution in [-0.4, -0.2) is 24.0 Å². The molecule has 20 heavy (non-hydrogen) atoms. The van der Waals surface area contributed by atoms with Crippen molar-refractivity contribution in [3.63, 3.8) is 0 Å². The number of nitrogens with two attached hydrogens (primary N) is 1.